The molecule has 0 unspecified atom stereocenters. The zero-order valence-electron chi connectivity index (χ0n) is 7.81. The summed E-state index contributed by atoms with van der Waals surface area (Å²) in [5.41, 5.74) is 6.45. The van der Waals surface area contributed by atoms with Crippen LogP contribution in [0, 0.1) is 0 Å². The van der Waals surface area contributed by atoms with Crippen LogP contribution in [0.1, 0.15) is 0 Å². The molecule has 0 radical (unpaired) electrons. The van der Waals surface area contributed by atoms with E-state index < -0.39 is 0 Å². The van der Waals surface area contributed by atoms with Crippen molar-refractivity contribution in [3.8, 4) is 0 Å². The quantitative estimate of drug-likeness (QED) is 0.816. The van der Waals surface area contributed by atoms with E-state index in [1.54, 1.807) is 0 Å². The van der Waals surface area contributed by atoms with E-state index in [9.17, 15) is 0 Å². The summed E-state index contributed by atoms with van der Waals surface area (Å²) in [5, 5.41) is 3.38. The number of halogens is 1. The van der Waals surface area contributed by atoms with Gasteiger partial charge < -0.3 is 11.1 Å². The standard InChI is InChI=1S/C10H9ClN4/c11-8-9(12)13-6-14-10(8)15-7-4-2-1-3-5-7/h1-6H,(H3,12,13,14,15). The molecule has 0 amide bonds. The molecule has 0 fully saturated rings. The Kier molecular flexibility index (Phi) is 2.69. The smallest absolute Gasteiger partial charge is 0.154 e. The molecule has 15 heavy (non-hydrogen) atoms. The molecule has 3 N–H and O–H groups in total. The molecule has 1 heterocycles. The van der Waals surface area contributed by atoms with Gasteiger partial charge >= 0.3 is 0 Å². The van der Waals surface area contributed by atoms with Gasteiger partial charge in [-0.05, 0) is 12.1 Å². The second-order valence-corrected chi connectivity index (χ2v) is 3.29. The molecule has 2 aromatic rings. The summed E-state index contributed by atoms with van der Waals surface area (Å²) in [6.45, 7) is 0. The van der Waals surface area contributed by atoms with Crippen molar-refractivity contribution in [3.05, 3.63) is 41.7 Å². The fraction of sp³-hybridized carbons (Fsp3) is 0. The monoisotopic (exact) mass is 220 g/mol. The molecule has 0 aliphatic heterocycles. The summed E-state index contributed by atoms with van der Waals surface area (Å²) < 4.78 is 0. The van der Waals surface area contributed by atoms with Gasteiger partial charge in [-0.3, -0.25) is 0 Å². The number of benzene rings is 1. The molecule has 0 atom stereocenters. The molecule has 5 heteroatoms. The molecule has 1 aromatic heterocycles. The highest BCUT2D eigenvalue weighted by atomic mass is 35.5. The van der Waals surface area contributed by atoms with Crippen molar-refractivity contribution in [2.75, 3.05) is 11.1 Å². The Balaban J connectivity index is 2.29. The minimum absolute atomic E-state index is 0.269. The van der Waals surface area contributed by atoms with Crippen LogP contribution in [0.4, 0.5) is 17.3 Å². The van der Waals surface area contributed by atoms with Gasteiger partial charge in [0.2, 0.25) is 0 Å². The van der Waals surface area contributed by atoms with Gasteiger partial charge in [-0.1, -0.05) is 29.8 Å². The molecular formula is C10H9ClN4. The maximum absolute atomic E-state index is 5.93. The van der Waals surface area contributed by atoms with Crippen LogP contribution < -0.4 is 11.1 Å². The number of nitrogen functional groups attached to an aromatic ring is 1. The van der Waals surface area contributed by atoms with Gasteiger partial charge in [0, 0.05) is 5.69 Å². The van der Waals surface area contributed by atoms with E-state index in [0.717, 1.165) is 5.69 Å². The van der Waals surface area contributed by atoms with Crippen LogP contribution in [-0.2, 0) is 0 Å². The van der Waals surface area contributed by atoms with Crippen molar-refractivity contribution < 1.29 is 0 Å². The zero-order chi connectivity index (χ0) is 10.7. The molecule has 4 nitrogen and oxygen atoms in total. The number of para-hydroxylation sites is 1. The van der Waals surface area contributed by atoms with Crippen molar-refractivity contribution in [3.63, 3.8) is 0 Å². The van der Waals surface area contributed by atoms with Crippen LogP contribution in [0.2, 0.25) is 5.02 Å². The molecule has 0 spiro atoms. The van der Waals surface area contributed by atoms with Gasteiger partial charge in [-0.15, -0.1) is 0 Å². The van der Waals surface area contributed by atoms with Gasteiger partial charge in [-0.2, -0.15) is 0 Å². The lowest BCUT2D eigenvalue weighted by atomic mass is 10.3. The number of rotatable bonds is 2. The van der Waals surface area contributed by atoms with Gasteiger partial charge in [0.25, 0.3) is 0 Å². The van der Waals surface area contributed by atoms with Crippen LogP contribution in [-0.4, -0.2) is 9.97 Å². The van der Waals surface area contributed by atoms with E-state index in [2.05, 4.69) is 15.3 Å². The molecule has 0 saturated heterocycles. The lowest BCUT2D eigenvalue weighted by Gasteiger charge is -2.07. The van der Waals surface area contributed by atoms with Gasteiger partial charge in [0.05, 0.1) is 0 Å². The Hall–Kier alpha value is -1.81. The number of nitrogens with zero attached hydrogens (tertiary/aromatic N) is 2. The Morgan fingerprint density at radius 1 is 1.13 bits per heavy atom. The topological polar surface area (TPSA) is 63.8 Å². The molecular weight excluding hydrogens is 212 g/mol. The van der Waals surface area contributed by atoms with Crippen LogP contribution in [0.5, 0.6) is 0 Å². The average Bonchev–Trinajstić information content (AvgIpc) is 2.26. The van der Waals surface area contributed by atoms with E-state index in [1.807, 2.05) is 30.3 Å². The van der Waals surface area contributed by atoms with E-state index in [0.29, 0.717) is 10.8 Å². The summed E-state index contributed by atoms with van der Waals surface area (Å²) in [4.78, 5) is 7.78. The van der Waals surface area contributed by atoms with Gasteiger partial charge in [0.15, 0.2) is 5.82 Å². The van der Waals surface area contributed by atoms with Crippen LogP contribution in [0.25, 0.3) is 0 Å². The van der Waals surface area contributed by atoms with Crippen LogP contribution in [0.3, 0.4) is 0 Å². The normalized spacial score (nSPS) is 9.93. The Morgan fingerprint density at radius 3 is 2.60 bits per heavy atom. The molecule has 0 aliphatic rings. The second kappa shape index (κ2) is 4.14. The number of anilines is 3. The number of hydrogen-bond acceptors (Lipinski definition) is 4. The van der Waals surface area contributed by atoms with Crippen molar-refractivity contribution in [2.45, 2.75) is 0 Å². The highest BCUT2D eigenvalue weighted by Gasteiger charge is 2.05. The first-order chi connectivity index (χ1) is 7.27. The third kappa shape index (κ3) is 2.16. The van der Waals surface area contributed by atoms with Crippen molar-refractivity contribution in [1.82, 2.24) is 9.97 Å². The SMILES string of the molecule is Nc1ncnc(Nc2ccccc2)c1Cl. The highest BCUT2D eigenvalue weighted by Crippen LogP contribution is 2.25. The first-order valence-electron chi connectivity index (χ1n) is 4.35. The molecule has 0 bridgehead atoms. The molecule has 1 aromatic carbocycles. The minimum Gasteiger partial charge on any atom is -0.382 e. The summed E-state index contributed by atoms with van der Waals surface area (Å²) >= 11 is 5.93. The molecule has 76 valence electrons. The summed E-state index contributed by atoms with van der Waals surface area (Å²) in [7, 11) is 0. The Morgan fingerprint density at radius 2 is 1.87 bits per heavy atom. The van der Waals surface area contributed by atoms with Crippen molar-refractivity contribution >= 4 is 28.9 Å². The first-order valence-corrected chi connectivity index (χ1v) is 4.73. The van der Waals surface area contributed by atoms with Crippen molar-refractivity contribution in [1.29, 1.82) is 0 Å². The fourth-order valence-electron chi connectivity index (χ4n) is 1.13. The molecule has 2 rings (SSSR count). The van der Waals surface area contributed by atoms with E-state index in [4.69, 9.17) is 17.3 Å². The largest absolute Gasteiger partial charge is 0.382 e. The number of nitrogens with two attached hydrogens (primary N) is 1. The maximum Gasteiger partial charge on any atom is 0.154 e. The fourth-order valence-corrected chi connectivity index (χ4v) is 1.27. The van der Waals surface area contributed by atoms with E-state index in [1.165, 1.54) is 6.33 Å². The first kappa shape index (κ1) is 9.73. The predicted octanol–water partition coefficient (Wildman–Crippen LogP) is 2.46. The third-order valence-corrected chi connectivity index (χ3v) is 2.23. The van der Waals surface area contributed by atoms with E-state index in [-0.39, 0.29) is 5.82 Å². The lowest BCUT2D eigenvalue weighted by molar-refractivity contribution is 1.18. The zero-order valence-corrected chi connectivity index (χ0v) is 8.57. The molecule has 0 aliphatic carbocycles. The van der Waals surface area contributed by atoms with E-state index >= 15 is 0 Å². The molecule has 0 saturated carbocycles. The average molecular weight is 221 g/mol. The lowest BCUT2D eigenvalue weighted by Crippen LogP contribution is -1.99. The summed E-state index contributed by atoms with van der Waals surface area (Å²) in [5.74, 6) is 0.778. The minimum atomic E-state index is 0.269. The van der Waals surface area contributed by atoms with Gasteiger partial charge in [-0.25, -0.2) is 9.97 Å². The number of nitrogens with one attached hydrogen (secondary N) is 1. The Labute approximate surface area is 92.1 Å². The Bertz CT molecular complexity index is 458. The van der Waals surface area contributed by atoms with Crippen LogP contribution in [0.15, 0.2) is 36.7 Å². The van der Waals surface area contributed by atoms with Crippen LogP contribution >= 0.6 is 11.6 Å². The maximum atomic E-state index is 5.93. The second-order valence-electron chi connectivity index (χ2n) is 2.91. The third-order valence-electron chi connectivity index (χ3n) is 1.85. The summed E-state index contributed by atoms with van der Waals surface area (Å²) in [6.07, 6.45) is 1.37. The number of aromatic nitrogens is 2. The predicted molar refractivity (Wildman–Crippen MR) is 61.2 cm³/mol. The van der Waals surface area contributed by atoms with Crippen molar-refractivity contribution in [2.24, 2.45) is 0 Å². The summed E-state index contributed by atoms with van der Waals surface area (Å²) in [6, 6.07) is 9.59. The van der Waals surface area contributed by atoms with Gasteiger partial charge in [0.1, 0.15) is 17.2 Å². The number of hydrogen-bond donors (Lipinski definition) is 2. The highest BCUT2D eigenvalue weighted by molar-refractivity contribution is 6.35.